The van der Waals surface area contributed by atoms with Gasteiger partial charge in [-0.1, -0.05) is 17.7 Å². The molecule has 0 saturated heterocycles. The monoisotopic (exact) mass is 303 g/mol. The molecule has 0 heterocycles. The second-order valence-electron chi connectivity index (χ2n) is 4.36. The topological polar surface area (TPSA) is 26.0 Å². The van der Waals surface area contributed by atoms with Gasteiger partial charge in [-0.25, -0.2) is 4.39 Å². The van der Waals surface area contributed by atoms with Crippen LogP contribution in [0.5, 0.6) is 0 Å². The van der Waals surface area contributed by atoms with Gasteiger partial charge in [0.05, 0.1) is 10.6 Å². The predicted molar refractivity (Wildman–Crippen MR) is 71.0 cm³/mol. The number of alkyl halides is 3. The summed E-state index contributed by atoms with van der Waals surface area (Å²) in [6.07, 6.45) is -4.50. The van der Waals surface area contributed by atoms with Crippen molar-refractivity contribution in [2.45, 2.75) is 13.1 Å². The fourth-order valence-corrected chi connectivity index (χ4v) is 2.05. The second kappa shape index (κ2) is 4.98. The number of hydrogen-bond donors (Lipinski definition) is 1. The molecule has 0 amide bonds. The first-order valence-corrected chi connectivity index (χ1v) is 6.00. The van der Waals surface area contributed by atoms with Crippen LogP contribution in [0.3, 0.4) is 0 Å². The van der Waals surface area contributed by atoms with Crippen LogP contribution in [0.4, 0.5) is 23.2 Å². The Balaban J connectivity index is 2.63. The summed E-state index contributed by atoms with van der Waals surface area (Å²) >= 11 is 5.64. The molecule has 0 unspecified atom stereocenters. The molecule has 0 fully saturated rings. The summed E-state index contributed by atoms with van der Waals surface area (Å²) in [5.41, 5.74) is 5.40. The van der Waals surface area contributed by atoms with Crippen molar-refractivity contribution in [3.8, 4) is 11.1 Å². The zero-order chi connectivity index (χ0) is 15.1. The summed E-state index contributed by atoms with van der Waals surface area (Å²) in [5, 5.41) is -0.157. The molecule has 0 aliphatic rings. The number of halogens is 5. The van der Waals surface area contributed by atoms with Gasteiger partial charge in [0.2, 0.25) is 0 Å². The lowest BCUT2D eigenvalue weighted by atomic mass is 9.98. The van der Waals surface area contributed by atoms with E-state index in [1.807, 2.05) is 0 Å². The van der Waals surface area contributed by atoms with Crippen LogP contribution in [0.1, 0.15) is 11.1 Å². The lowest BCUT2D eigenvalue weighted by Crippen LogP contribution is -2.09. The van der Waals surface area contributed by atoms with Crippen molar-refractivity contribution < 1.29 is 17.6 Å². The number of nitrogens with two attached hydrogens (primary N) is 1. The molecule has 2 aromatic carbocycles. The summed E-state index contributed by atoms with van der Waals surface area (Å²) in [7, 11) is 0. The molecular weight excluding hydrogens is 294 g/mol. The molecule has 2 rings (SSSR count). The number of anilines is 1. The van der Waals surface area contributed by atoms with Crippen LogP contribution in [0.2, 0.25) is 5.02 Å². The van der Waals surface area contributed by atoms with Gasteiger partial charge in [0.1, 0.15) is 5.82 Å². The fourth-order valence-electron chi connectivity index (χ4n) is 1.87. The Bertz CT molecular complexity index is 665. The first-order chi connectivity index (χ1) is 9.20. The zero-order valence-corrected chi connectivity index (χ0v) is 11.1. The second-order valence-corrected chi connectivity index (χ2v) is 4.77. The molecule has 106 valence electrons. The van der Waals surface area contributed by atoms with E-state index >= 15 is 0 Å². The number of rotatable bonds is 1. The molecule has 0 saturated carbocycles. The Hall–Kier alpha value is -1.75. The number of nitrogen functional groups attached to an aromatic ring is 1. The van der Waals surface area contributed by atoms with Crippen LogP contribution in [-0.4, -0.2) is 0 Å². The summed E-state index contributed by atoms with van der Waals surface area (Å²) in [6, 6.07) is 6.11. The van der Waals surface area contributed by atoms with E-state index in [9.17, 15) is 17.6 Å². The first kappa shape index (κ1) is 14.7. The van der Waals surface area contributed by atoms with Gasteiger partial charge >= 0.3 is 6.18 Å². The van der Waals surface area contributed by atoms with Crippen molar-refractivity contribution in [1.29, 1.82) is 0 Å². The largest absolute Gasteiger partial charge is 0.416 e. The molecule has 1 nitrogen and oxygen atoms in total. The Morgan fingerprint density at radius 2 is 1.70 bits per heavy atom. The van der Waals surface area contributed by atoms with Gasteiger partial charge in [-0.05, 0) is 47.9 Å². The molecule has 0 aliphatic heterocycles. The van der Waals surface area contributed by atoms with Crippen molar-refractivity contribution in [3.05, 3.63) is 52.3 Å². The molecule has 2 aromatic rings. The standard InChI is InChI=1S/C14H10ClF4N/c1-7-10(14(17,18)19)4-9(6-13(7)20)8-2-3-12(16)11(15)5-8/h2-6H,20H2,1H3. The van der Waals surface area contributed by atoms with Gasteiger partial charge in [-0.15, -0.1) is 0 Å². The molecule has 0 aromatic heterocycles. The fraction of sp³-hybridized carbons (Fsp3) is 0.143. The molecule has 0 aliphatic carbocycles. The van der Waals surface area contributed by atoms with E-state index in [4.69, 9.17) is 17.3 Å². The third-order valence-electron chi connectivity index (χ3n) is 3.01. The van der Waals surface area contributed by atoms with Crippen molar-refractivity contribution in [2.75, 3.05) is 5.73 Å². The normalized spacial score (nSPS) is 11.7. The van der Waals surface area contributed by atoms with Crippen LogP contribution in [-0.2, 0) is 6.18 Å². The average molecular weight is 304 g/mol. The number of benzene rings is 2. The smallest absolute Gasteiger partial charge is 0.398 e. The van der Waals surface area contributed by atoms with Gasteiger partial charge in [-0.2, -0.15) is 13.2 Å². The van der Waals surface area contributed by atoms with Crippen molar-refractivity contribution in [3.63, 3.8) is 0 Å². The predicted octanol–water partition coefficient (Wildman–Crippen LogP) is 5.06. The van der Waals surface area contributed by atoms with Crippen molar-refractivity contribution in [1.82, 2.24) is 0 Å². The molecule has 6 heteroatoms. The maximum atomic E-state index is 13.1. The SMILES string of the molecule is Cc1c(N)cc(-c2ccc(F)c(Cl)c2)cc1C(F)(F)F. The summed E-state index contributed by atoms with van der Waals surface area (Å²) in [5.74, 6) is -0.633. The lowest BCUT2D eigenvalue weighted by molar-refractivity contribution is -0.137. The van der Waals surface area contributed by atoms with Crippen LogP contribution >= 0.6 is 11.6 Å². The van der Waals surface area contributed by atoms with E-state index in [1.165, 1.54) is 25.1 Å². The van der Waals surface area contributed by atoms with Crippen LogP contribution in [0, 0.1) is 12.7 Å². The molecule has 0 bridgehead atoms. The minimum absolute atomic E-state index is 0.0234. The highest BCUT2D eigenvalue weighted by atomic mass is 35.5. The first-order valence-electron chi connectivity index (χ1n) is 5.63. The van der Waals surface area contributed by atoms with E-state index in [2.05, 4.69) is 0 Å². The van der Waals surface area contributed by atoms with Crippen LogP contribution < -0.4 is 5.73 Å². The average Bonchev–Trinajstić information content (AvgIpc) is 2.34. The minimum atomic E-state index is -4.50. The summed E-state index contributed by atoms with van der Waals surface area (Å²) < 4.78 is 51.9. The van der Waals surface area contributed by atoms with E-state index in [0.717, 1.165) is 12.1 Å². The zero-order valence-electron chi connectivity index (χ0n) is 10.4. The molecule has 20 heavy (non-hydrogen) atoms. The van der Waals surface area contributed by atoms with Gasteiger partial charge < -0.3 is 5.73 Å². The third-order valence-corrected chi connectivity index (χ3v) is 3.30. The van der Waals surface area contributed by atoms with E-state index < -0.39 is 17.6 Å². The van der Waals surface area contributed by atoms with Crippen LogP contribution in [0.25, 0.3) is 11.1 Å². The molecule has 0 atom stereocenters. The third kappa shape index (κ3) is 2.72. The van der Waals surface area contributed by atoms with Gasteiger partial charge in [0.15, 0.2) is 0 Å². The van der Waals surface area contributed by atoms with E-state index in [1.54, 1.807) is 0 Å². The number of hydrogen-bond acceptors (Lipinski definition) is 1. The Morgan fingerprint density at radius 1 is 1.05 bits per heavy atom. The highest BCUT2D eigenvalue weighted by Gasteiger charge is 2.33. The highest BCUT2D eigenvalue weighted by molar-refractivity contribution is 6.31. The van der Waals surface area contributed by atoms with Gasteiger partial charge in [0, 0.05) is 5.69 Å². The van der Waals surface area contributed by atoms with Gasteiger partial charge in [-0.3, -0.25) is 0 Å². The maximum absolute atomic E-state index is 13.1. The maximum Gasteiger partial charge on any atom is 0.416 e. The quantitative estimate of drug-likeness (QED) is 0.578. The lowest BCUT2D eigenvalue weighted by Gasteiger charge is -2.15. The van der Waals surface area contributed by atoms with Crippen LogP contribution in [0.15, 0.2) is 30.3 Å². The Morgan fingerprint density at radius 3 is 2.25 bits per heavy atom. The Labute approximate surface area is 118 Å². The summed E-state index contributed by atoms with van der Waals surface area (Å²) in [6.45, 7) is 1.31. The van der Waals surface area contributed by atoms with Crippen molar-refractivity contribution in [2.24, 2.45) is 0 Å². The minimum Gasteiger partial charge on any atom is -0.398 e. The summed E-state index contributed by atoms with van der Waals surface area (Å²) in [4.78, 5) is 0. The molecule has 0 spiro atoms. The highest BCUT2D eigenvalue weighted by Crippen LogP contribution is 2.37. The molecule has 0 radical (unpaired) electrons. The van der Waals surface area contributed by atoms with Crippen molar-refractivity contribution >= 4 is 17.3 Å². The Kier molecular flexibility index (Phi) is 3.65. The molecular formula is C14H10ClF4N. The molecule has 2 N–H and O–H groups in total. The van der Waals surface area contributed by atoms with E-state index in [-0.39, 0.29) is 21.8 Å². The van der Waals surface area contributed by atoms with Gasteiger partial charge in [0.25, 0.3) is 0 Å². The van der Waals surface area contributed by atoms with E-state index in [0.29, 0.717) is 5.56 Å².